The van der Waals surface area contributed by atoms with E-state index in [4.69, 9.17) is 5.53 Å². The molecule has 1 N–H and O–H groups in total. The van der Waals surface area contributed by atoms with Crippen LogP contribution in [0.4, 0.5) is 0 Å². The molecule has 2 rings (SSSR count). The minimum absolute atomic E-state index is 0.351. The van der Waals surface area contributed by atoms with Crippen LogP contribution in [0.5, 0.6) is 0 Å². The van der Waals surface area contributed by atoms with Crippen LogP contribution in [0.15, 0.2) is 22.6 Å². The van der Waals surface area contributed by atoms with Crippen molar-refractivity contribution in [2.45, 2.75) is 19.9 Å². The Morgan fingerprint density at radius 2 is 2.50 bits per heavy atom. The van der Waals surface area contributed by atoms with Crippen molar-refractivity contribution in [1.29, 1.82) is 0 Å². The number of thiophene rings is 1. The third kappa shape index (κ3) is 1.93. The standard InChI is InChI=1S/C10H11N5S/c1-2-8-7(6-12-15-11)10(14-13-8)9-4-3-5-16-9/h3-5H,2,6H2,1H3,(H,13,14). The number of aromatic nitrogens is 2. The number of aromatic amines is 1. The molecule has 16 heavy (non-hydrogen) atoms. The summed E-state index contributed by atoms with van der Waals surface area (Å²) in [4.78, 5) is 3.89. The zero-order valence-electron chi connectivity index (χ0n) is 8.84. The molecular formula is C10H11N5S. The van der Waals surface area contributed by atoms with Gasteiger partial charge in [-0.3, -0.25) is 5.10 Å². The molecule has 82 valence electrons. The Morgan fingerprint density at radius 1 is 1.62 bits per heavy atom. The molecule has 0 spiro atoms. The van der Waals surface area contributed by atoms with Gasteiger partial charge in [0.25, 0.3) is 0 Å². The van der Waals surface area contributed by atoms with Gasteiger partial charge in [-0.25, -0.2) is 0 Å². The summed E-state index contributed by atoms with van der Waals surface area (Å²) in [5, 5.41) is 12.9. The van der Waals surface area contributed by atoms with E-state index in [-0.39, 0.29) is 0 Å². The van der Waals surface area contributed by atoms with E-state index in [0.717, 1.165) is 28.2 Å². The van der Waals surface area contributed by atoms with Gasteiger partial charge in [0.15, 0.2) is 0 Å². The van der Waals surface area contributed by atoms with Crippen molar-refractivity contribution < 1.29 is 0 Å². The Balaban J connectivity index is 2.45. The Bertz CT molecular complexity index is 507. The predicted molar refractivity (Wildman–Crippen MR) is 64.1 cm³/mol. The average molecular weight is 233 g/mol. The van der Waals surface area contributed by atoms with Crippen LogP contribution in [0.3, 0.4) is 0 Å². The monoisotopic (exact) mass is 233 g/mol. The normalized spacial score (nSPS) is 10.1. The molecule has 0 radical (unpaired) electrons. The summed E-state index contributed by atoms with van der Waals surface area (Å²) in [6.45, 7) is 2.40. The van der Waals surface area contributed by atoms with E-state index in [1.807, 2.05) is 24.4 Å². The summed E-state index contributed by atoms with van der Waals surface area (Å²) in [5.41, 5.74) is 11.3. The zero-order chi connectivity index (χ0) is 11.4. The van der Waals surface area contributed by atoms with E-state index in [0.29, 0.717) is 6.54 Å². The Labute approximate surface area is 96.8 Å². The number of azide groups is 1. The number of rotatable bonds is 4. The van der Waals surface area contributed by atoms with Crippen LogP contribution in [0, 0.1) is 0 Å². The first-order chi connectivity index (χ1) is 7.86. The summed E-state index contributed by atoms with van der Waals surface area (Å²) in [6, 6.07) is 4.00. The van der Waals surface area contributed by atoms with Crippen LogP contribution < -0.4 is 0 Å². The Hall–Kier alpha value is -1.78. The number of nitrogens with one attached hydrogen (secondary N) is 1. The Morgan fingerprint density at radius 3 is 3.12 bits per heavy atom. The van der Waals surface area contributed by atoms with Crippen LogP contribution in [-0.4, -0.2) is 10.2 Å². The second-order valence-corrected chi connectivity index (χ2v) is 4.20. The summed E-state index contributed by atoms with van der Waals surface area (Å²) in [7, 11) is 0. The van der Waals surface area contributed by atoms with Crippen LogP contribution in [0.25, 0.3) is 21.0 Å². The fourth-order valence-corrected chi connectivity index (χ4v) is 2.32. The van der Waals surface area contributed by atoms with Gasteiger partial charge in [-0.15, -0.1) is 11.3 Å². The lowest BCUT2D eigenvalue weighted by Gasteiger charge is -1.98. The van der Waals surface area contributed by atoms with Crippen molar-refractivity contribution in [3.8, 4) is 10.6 Å². The van der Waals surface area contributed by atoms with Crippen LogP contribution in [0.1, 0.15) is 18.2 Å². The smallest absolute Gasteiger partial charge is 0.106 e. The fourth-order valence-electron chi connectivity index (χ4n) is 1.58. The van der Waals surface area contributed by atoms with Gasteiger partial charge in [0.05, 0.1) is 11.4 Å². The lowest BCUT2D eigenvalue weighted by molar-refractivity contribution is 0.944. The quantitative estimate of drug-likeness (QED) is 0.489. The van der Waals surface area contributed by atoms with Gasteiger partial charge in [-0.2, -0.15) is 5.10 Å². The van der Waals surface area contributed by atoms with Crippen molar-refractivity contribution in [3.63, 3.8) is 0 Å². The highest BCUT2D eigenvalue weighted by Gasteiger charge is 2.13. The maximum absolute atomic E-state index is 8.38. The van der Waals surface area contributed by atoms with Crippen molar-refractivity contribution in [1.82, 2.24) is 10.2 Å². The molecule has 0 saturated carbocycles. The molecule has 0 saturated heterocycles. The second-order valence-electron chi connectivity index (χ2n) is 3.25. The number of H-pyrrole nitrogens is 1. The van der Waals surface area contributed by atoms with Crippen molar-refractivity contribution in [3.05, 3.63) is 39.2 Å². The minimum Gasteiger partial charge on any atom is -0.282 e. The van der Waals surface area contributed by atoms with E-state index in [2.05, 4.69) is 20.2 Å². The van der Waals surface area contributed by atoms with Gasteiger partial charge in [-0.1, -0.05) is 18.1 Å². The molecule has 0 amide bonds. The van der Waals surface area contributed by atoms with E-state index in [1.54, 1.807) is 11.3 Å². The largest absolute Gasteiger partial charge is 0.282 e. The molecular weight excluding hydrogens is 222 g/mol. The highest BCUT2D eigenvalue weighted by atomic mass is 32.1. The maximum Gasteiger partial charge on any atom is 0.106 e. The fraction of sp³-hybridized carbons (Fsp3) is 0.300. The SMILES string of the molecule is CCc1[nH]nc(-c2cccs2)c1CN=[N+]=[N-]. The highest BCUT2D eigenvalue weighted by Crippen LogP contribution is 2.28. The van der Waals surface area contributed by atoms with Gasteiger partial charge in [-0.05, 0) is 23.4 Å². The zero-order valence-corrected chi connectivity index (χ0v) is 9.66. The van der Waals surface area contributed by atoms with Gasteiger partial charge < -0.3 is 0 Å². The molecule has 6 heteroatoms. The summed E-state index contributed by atoms with van der Waals surface area (Å²) in [5.74, 6) is 0. The van der Waals surface area contributed by atoms with Crippen LogP contribution in [-0.2, 0) is 13.0 Å². The third-order valence-electron chi connectivity index (χ3n) is 2.35. The lowest BCUT2D eigenvalue weighted by atomic mass is 10.1. The van der Waals surface area contributed by atoms with E-state index < -0.39 is 0 Å². The van der Waals surface area contributed by atoms with Gasteiger partial charge >= 0.3 is 0 Å². The van der Waals surface area contributed by atoms with E-state index in [1.165, 1.54) is 0 Å². The van der Waals surface area contributed by atoms with Gasteiger partial charge in [0.1, 0.15) is 5.69 Å². The second kappa shape index (κ2) is 4.83. The topological polar surface area (TPSA) is 77.4 Å². The molecule has 0 aliphatic carbocycles. The van der Waals surface area contributed by atoms with Crippen LogP contribution in [0.2, 0.25) is 0 Å². The number of hydrogen-bond acceptors (Lipinski definition) is 3. The molecule has 0 atom stereocenters. The van der Waals surface area contributed by atoms with Gasteiger partial charge in [0.2, 0.25) is 0 Å². The molecule has 2 aromatic heterocycles. The first-order valence-corrected chi connectivity index (χ1v) is 5.85. The van der Waals surface area contributed by atoms with Crippen LogP contribution >= 0.6 is 11.3 Å². The minimum atomic E-state index is 0.351. The van der Waals surface area contributed by atoms with Crippen molar-refractivity contribution in [2.75, 3.05) is 0 Å². The number of aryl methyl sites for hydroxylation is 1. The summed E-state index contributed by atoms with van der Waals surface area (Å²) >= 11 is 1.63. The van der Waals surface area contributed by atoms with Crippen molar-refractivity contribution in [2.24, 2.45) is 5.11 Å². The molecule has 0 aromatic carbocycles. The Kier molecular flexibility index (Phi) is 3.24. The highest BCUT2D eigenvalue weighted by molar-refractivity contribution is 7.13. The average Bonchev–Trinajstić information content (AvgIpc) is 2.94. The predicted octanol–water partition coefficient (Wildman–Crippen LogP) is 3.51. The molecule has 2 heterocycles. The van der Waals surface area contributed by atoms with E-state index >= 15 is 0 Å². The summed E-state index contributed by atoms with van der Waals surface area (Å²) < 4.78 is 0. The molecule has 0 aliphatic rings. The molecule has 0 fully saturated rings. The van der Waals surface area contributed by atoms with Gasteiger partial charge in [0, 0.05) is 16.2 Å². The third-order valence-corrected chi connectivity index (χ3v) is 3.23. The molecule has 5 nitrogen and oxygen atoms in total. The van der Waals surface area contributed by atoms with Crippen molar-refractivity contribution >= 4 is 11.3 Å². The summed E-state index contributed by atoms with van der Waals surface area (Å²) in [6.07, 6.45) is 0.856. The molecule has 0 bridgehead atoms. The first kappa shape index (κ1) is 10.7. The maximum atomic E-state index is 8.38. The number of nitrogens with zero attached hydrogens (tertiary/aromatic N) is 4. The van der Waals surface area contributed by atoms with E-state index in [9.17, 15) is 0 Å². The molecule has 0 aliphatic heterocycles. The molecule has 2 aromatic rings. The first-order valence-electron chi connectivity index (χ1n) is 4.97. The number of hydrogen-bond donors (Lipinski definition) is 1. The lowest BCUT2D eigenvalue weighted by Crippen LogP contribution is -1.88. The molecule has 0 unspecified atom stereocenters.